The average Bonchev–Trinajstić information content (AvgIpc) is 2.64. The lowest BCUT2D eigenvalue weighted by Gasteiger charge is -2.32. The van der Waals surface area contributed by atoms with Crippen molar-refractivity contribution in [3.63, 3.8) is 0 Å². The van der Waals surface area contributed by atoms with Gasteiger partial charge in [0.15, 0.2) is 5.96 Å². The van der Waals surface area contributed by atoms with E-state index in [9.17, 15) is 8.60 Å². The Kier molecular flexibility index (Phi) is 7.62. The molecule has 1 saturated carbocycles. The molecule has 0 spiro atoms. The molecule has 0 aliphatic heterocycles. The van der Waals surface area contributed by atoms with E-state index >= 15 is 0 Å². The summed E-state index contributed by atoms with van der Waals surface area (Å²) in [7, 11) is 1.01. The summed E-state index contributed by atoms with van der Waals surface area (Å²) in [5, 5.41) is 7.08. The molecule has 0 aromatic heterocycles. The third kappa shape index (κ3) is 5.53. The lowest BCUT2D eigenvalue weighted by Crippen LogP contribution is -2.49. The van der Waals surface area contributed by atoms with E-state index < -0.39 is 10.8 Å². The number of hydrogen-bond donors (Lipinski definition) is 2. The topological polar surface area (TPSA) is 53.5 Å². The molecule has 0 amide bonds. The molecular weight excluding hydrogens is 349 g/mol. The molecule has 3 unspecified atom stereocenters. The molecule has 1 fully saturated rings. The fourth-order valence-electron chi connectivity index (χ4n) is 3.55. The monoisotopic (exact) mass is 381 g/mol. The van der Waals surface area contributed by atoms with Crippen LogP contribution in [0.25, 0.3) is 0 Å². The summed E-state index contributed by atoms with van der Waals surface area (Å²) in [6.45, 7) is 6.60. The average molecular weight is 382 g/mol. The van der Waals surface area contributed by atoms with Crippen LogP contribution in [-0.2, 0) is 16.2 Å². The van der Waals surface area contributed by atoms with Gasteiger partial charge >= 0.3 is 0 Å². The van der Waals surface area contributed by atoms with Crippen LogP contribution in [-0.4, -0.2) is 40.8 Å². The van der Waals surface area contributed by atoms with E-state index in [0.717, 1.165) is 37.4 Å². The van der Waals surface area contributed by atoms with Gasteiger partial charge in [0.25, 0.3) is 0 Å². The normalized spacial score (nSPS) is 22.7. The molecule has 2 N–H and O–H groups in total. The zero-order valence-corrected chi connectivity index (χ0v) is 17.2. The fraction of sp³-hybridized carbons (Fsp3) is 0.650. The quantitative estimate of drug-likeness (QED) is 0.587. The lowest BCUT2D eigenvalue weighted by atomic mass is 9.84. The second kappa shape index (κ2) is 9.49. The first kappa shape index (κ1) is 20.9. The third-order valence-corrected chi connectivity index (χ3v) is 6.89. The van der Waals surface area contributed by atoms with Crippen LogP contribution in [0.2, 0.25) is 0 Å². The number of hydrogen-bond acceptors (Lipinski definition) is 2. The predicted molar refractivity (Wildman–Crippen MR) is 109 cm³/mol. The van der Waals surface area contributed by atoms with Gasteiger partial charge in [0.1, 0.15) is 5.82 Å². The van der Waals surface area contributed by atoms with Gasteiger partial charge in [-0.2, -0.15) is 0 Å². The molecule has 26 heavy (non-hydrogen) atoms. The van der Waals surface area contributed by atoms with Crippen molar-refractivity contribution in [1.82, 2.24) is 10.6 Å². The molecule has 4 nitrogen and oxygen atoms in total. The summed E-state index contributed by atoms with van der Waals surface area (Å²) in [6, 6.07) is 7.19. The molecule has 1 aliphatic carbocycles. The maximum Gasteiger partial charge on any atom is 0.191 e. The van der Waals surface area contributed by atoms with Crippen LogP contribution in [0.4, 0.5) is 4.39 Å². The van der Waals surface area contributed by atoms with Crippen molar-refractivity contribution >= 4 is 16.8 Å². The van der Waals surface area contributed by atoms with Gasteiger partial charge in [0.2, 0.25) is 0 Å². The predicted octanol–water partition coefficient (Wildman–Crippen LogP) is 3.35. The fourth-order valence-corrected chi connectivity index (χ4v) is 4.90. The van der Waals surface area contributed by atoms with Gasteiger partial charge in [-0.3, -0.25) is 9.20 Å². The number of nitrogens with zero attached hydrogens (tertiary/aromatic N) is 1. The maximum atomic E-state index is 14.1. The highest BCUT2D eigenvalue weighted by molar-refractivity contribution is 7.85. The Hall–Kier alpha value is -1.43. The van der Waals surface area contributed by atoms with Crippen LogP contribution in [0.1, 0.15) is 52.0 Å². The Morgan fingerprint density at radius 3 is 2.73 bits per heavy atom. The van der Waals surface area contributed by atoms with E-state index in [4.69, 9.17) is 0 Å². The minimum absolute atomic E-state index is 0.181. The molecule has 1 aromatic carbocycles. The minimum atomic E-state index is -0.738. The SMILES string of the molecule is CCS(=O)C1CCCC(NC(=NC)NCC(C)(C)c2ccccc2F)C1. The van der Waals surface area contributed by atoms with Gasteiger partial charge < -0.3 is 10.6 Å². The van der Waals surface area contributed by atoms with Crippen molar-refractivity contribution in [3.05, 3.63) is 35.6 Å². The van der Waals surface area contributed by atoms with Gasteiger partial charge in [-0.15, -0.1) is 0 Å². The van der Waals surface area contributed by atoms with E-state index in [-0.39, 0.29) is 22.5 Å². The molecular formula is C20H32FN3OS. The molecule has 0 saturated heterocycles. The number of halogens is 1. The van der Waals surface area contributed by atoms with Crippen molar-refractivity contribution in [2.24, 2.45) is 4.99 Å². The summed E-state index contributed by atoms with van der Waals surface area (Å²) >= 11 is 0. The smallest absolute Gasteiger partial charge is 0.191 e. The lowest BCUT2D eigenvalue weighted by molar-refractivity contribution is 0.409. The standard InChI is InChI=1S/C20H32FN3OS/c1-5-26(25)16-10-8-9-15(13-16)24-19(22-4)23-14-20(2,3)17-11-6-7-12-18(17)21/h6-7,11-12,15-16H,5,8-10,13-14H2,1-4H3,(H2,22,23,24). The van der Waals surface area contributed by atoms with Crippen LogP contribution in [0.15, 0.2) is 29.3 Å². The number of benzene rings is 1. The van der Waals surface area contributed by atoms with Gasteiger partial charge in [0, 0.05) is 46.9 Å². The summed E-state index contributed by atoms with van der Waals surface area (Å²) in [5.74, 6) is 1.27. The van der Waals surface area contributed by atoms with Crippen molar-refractivity contribution < 1.29 is 8.60 Å². The van der Waals surface area contributed by atoms with Crippen molar-refractivity contribution in [2.45, 2.75) is 63.2 Å². The van der Waals surface area contributed by atoms with E-state index in [0.29, 0.717) is 12.1 Å². The first-order valence-corrected chi connectivity index (χ1v) is 10.8. The largest absolute Gasteiger partial charge is 0.356 e. The second-order valence-corrected chi connectivity index (χ2v) is 9.59. The van der Waals surface area contributed by atoms with Crippen molar-refractivity contribution in [1.29, 1.82) is 0 Å². The minimum Gasteiger partial charge on any atom is -0.356 e. The summed E-state index contributed by atoms with van der Waals surface area (Å²) in [5.41, 5.74) is 0.334. The second-order valence-electron chi connectivity index (χ2n) is 7.59. The Morgan fingerprint density at radius 1 is 1.35 bits per heavy atom. The Morgan fingerprint density at radius 2 is 2.08 bits per heavy atom. The molecule has 2 rings (SSSR count). The molecule has 146 valence electrons. The van der Waals surface area contributed by atoms with Gasteiger partial charge in [-0.1, -0.05) is 45.4 Å². The first-order valence-electron chi connectivity index (χ1n) is 9.46. The summed E-state index contributed by atoms with van der Waals surface area (Å²) in [4.78, 5) is 4.32. The van der Waals surface area contributed by atoms with E-state index in [2.05, 4.69) is 15.6 Å². The van der Waals surface area contributed by atoms with E-state index in [1.165, 1.54) is 6.07 Å². The zero-order valence-electron chi connectivity index (χ0n) is 16.3. The molecule has 3 atom stereocenters. The van der Waals surface area contributed by atoms with Crippen LogP contribution in [0.5, 0.6) is 0 Å². The summed E-state index contributed by atoms with van der Waals surface area (Å²) in [6.07, 6.45) is 4.11. The first-order chi connectivity index (χ1) is 12.4. The highest BCUT2D eigenvalue weighted by Gasteiger charge is 2.27. The van der Waals surface area contributed by atoms with Gasteiger partial charge in [0.05, 0.1) is 0 Å². The Balaban J connectivity index is 1.93. The molecule has 0 radical (unpaired) electrons. The maximum absolute atomic E-state index is 14.1. The van der Waals surface area contributed by atoms with Crippen LogP contribution < -0.4 is 10.6 Å². The zero-order chi connectivity index (χ0) is 19.2. The van der Waals surface area contributed by atoms with Crippen molar-refractivity contribution in [2.75, 3.05) is 19.3 Å². The number of aliphatic imine (C=N–C) groups is 1. The Labute approximate surface area is 159 Å². The summed E-state index contributed by atoms with van der Waals surface area (Å²) < 4.78 is 26.2. The molecule has 0 bridgehead atoms. The molecule has 1 aromatic rings. The third-order valence-electron chi connectivity index (χ3n) is 5.15. The highest BCUT2D eigenvalue weighted by Crippen LogP contribution is 2.25. The van der Waals surface area contributed by atoms with Gasteiger partial charge in [-0.25, -0.2) is 4.39 Å². The number of nitrogens with one attached hydrogen (secondary N) is 2. The van der Waals surface area contributed by atoms with E-state index in [1.54, 1.807) is 13.1 Å². The van der Waals surface area contributed by atoms with Gasteiger partial charge in [-0.05, 0) is 30.9 Å². The molecule has 0 heterocycles. The number of guanidine groups is 1. The van der Waals surface area contributed by atoms with E-state index in [1.807, 2.05) is 32.9 Å². The van der Waals surface area contributed by atoms with Crippen LogP contribution >= 0.6 is 0 Å². The van der Waals surface area contributed by atoms with Crippen LogP contribution in [0.3, 0.4) is 0 Å². The van der Waals surface area contributed by atoms with Crippen molar-refractivity contribution in [3.8, 4) is 0 Å². The highest BCUT2D eigenvalue weighted by atomic mass is 32.2. The molecule has 6 heteroatoms. The number of rotatable bonds is 6. The van der Waals surface area contributed by atoms with Crippen LogP contribution in [0, 0.1) is 5.82 Å². The molecule has 1 aliphatic rings. The Bertz CT molecular complexity index is 648.